The van der Waals surface area contributed by atoms with Crippen LogP contribution < -0.4 is 5.32 Å². The normalized spacial score (nSPS) is 10.1. The monoisotopic (exact) mass is 385 g/mol. The highest BCUT2D eigenvalue weighted by Gasteiger charge is 2.16. The number of carbonyl (C=O) groups is 2. The Morgan fingerprint density at radius 2 is 2.04 bits per heavy atom. The minimum Gasteiger partial charge on any atom is -0.465 e. The second kappa shape index (κ2) is 9.71. The Kier molecular flexibility index (Phi) is 7.34. The summed E-state index contributed by atoms with van der Waals surface area (Å²) in [5.41, 5.74) is 2.50. The van der Waals surface area contributed by atoms with Gasteiger partial charge in [-0.25, -0.2) is 9.78 Å². The molecule has 140 valence electrons. The summed E-state index contributed by atoms with van der Waals surface area (Å²) in [6.07, 6.45) is 0. The van der Waals surface area contributed by atoms with Crippen molar-refractivity contribution in [3.8, 4) is 6.07 Å². The first-order valence-electron chi connectivity index (χ1n) is 7.99. The van der Waals surface area contributed by atoms with Crippen LogP contribution in [0.15, 0.2) is 35.4 Å². The number of pyridine rings is 1. The second-order valence-electron chi connectivity index (χ2n) is 5.52. The molecule has 1 amide bonds. The highest BCUT2D eigenvalue weighted by molar-refractivity contribution is 8.00. The van der Waals surface area contributed by atoms with Crippen LogP contribution in [-0.2, 0) is 20.9 Å². The molecule has 0 aliphatic carbocycles. The van der Waals surface area contributed by atoms with Crippen molar-refractivity contribution in [1.29, 1.82) is 5.26 Å². The number of hydrogen-bond donors (Lipinski definition) is 1. The molecule has 1 aromatic carbocycles. The molecule has 0 atom stereocenters. The Labute approximate surface area is 161 Å². The number of hydrogen-bond acceptors (Lipinski definition) is 7. The third kappa shape index (κ3) is 5.29. The molecule has 0 saturated heterocycles. The van der Waals surface area contributed by atoms with Gasteiger partial charge in [-0.1, -0.05) is 23.9 Å². The molecule has 7 nitrogen and oxygen atoms in total. The summed E-state index contributed by atoms with van der Waals surface area (Å²) in [5.74, 6) is -0.820. The third-order valence-electron chi connectivity index (χ3n) is 3.55. The van der Waals surface area contributed by atoms with E-state index in [2.05, 4.69) is 16.4 Å². The molecule has 8 heteroatoms. The maximum atomic E-state index is 12.3. The van der Waals surface area contributed by atoms with Crippen molar-refractivity contribution in [2.24, 2.45) is 0 Å². The van der Waals surface area contributed by atoms with Gasteiger partial charge in [0.15, 0.2) is 0 Å². The summed E-state index contributed by atoms with van der Waals surface area (Å²) in [5, 5.41) is 12.6. The predicted molar refractivity (Wildman–Crippen MR) is 102 cm³/mol. The number of carbonyl (C=O) groups excluding carboxylic acids is 2. The Hall–Kier alpha value is -2.89. The maximum Gasteiger partial charge on any atom is 0.339 e. The molecule has 1 heterocycles. The van der Waals surface area contributed by atoms with Gasteiger partial charge in [0, 0.05) is 12.8 Å². The van der Waals surface area contributed by atoms with E-state index >= 15 is 0 Å². The van der Waals surface area contributed by atoms with Crippen LogP contribution in [0.2, 0.25) is 0 Å². The molecular weight excluding hydrogens is 366 g/mol. The molecule has 27 heavy (non-hydrogen) atoms. The second-order valence-corrected chi connectivity index (χ2v) is 6.49. The maximum absolute atomic E-state index is 12.3. The van der Waals surface area contributed by atoms with Gasteiger partial charge in [-0.05, 0) is 30.7 Å². The number of esters is 1. The van der Waals surface area contributed by atoms with E-state index in [0.29, 0.717) is 22.9 Å². The fraction of sp³-hybridized carbons (Fsp3) is 0.263. The average Bonchev–Trinajstić information content (AvgIpc) is 2.66. The first-order valence-corrected chi connectivity index (χ1v) is 8.98. The molecule has 0 unspecified atom stereocenters. The van der Waals surface area contributed by atoms with Crippen molar-refractivity contribution in [2.75, 3.05) is 25.3 Å². The number of nitrogens with one attached hydrogen (secondary N) is 1. The number of amides is 1. The first kappa shape index (κ1) is 20.4. The highest BCUT2D eigenvalue weighted by Crippen LogP contribution is 2.25. The summed E-state index contributed by atoms with van der Waals surface area (Å²) >= 11 is 1.16. The summed E-state index contributed by atoms with van der Waals surface area (Å²) < 4.78 is 9.83. The first-order chi connectivity index (χ1) is 13.0. The van der Waals surface area contributed by atoms with Crippen LogP contribution >= 0.6 is 11.8 Å². The van der Waals surface area contributed by atoms with Crippen LogP contribution in [0.4, 0.5) is 5.69 Å². The van der Waals surface area contributed by atoms with Gasteiger partial charge in [0.25, 0.3) is 0 Å². The molecule has 0 spiro atoms. The number of aryl methyl sites for hydroxylation is 1. The zero-order valence-corrected chi connectivity index (χ0v) is 16.1. The van der Waals surface area contributed by atoms with Gasteiger partial charge < -0.3 is 14.8 Å². The fourth-order valence-electron chi connectivity index (χ4n) is 2.40. The molecule has 2 rings (SSSR count). The predicted octanol–water partition coefficient (Wildman–Crippen LogP) is 2.93. The summed E-state index contributed by atoms with van der Waals surface area (Å²) in [4.78, 5) is 28.5. The van der Waals surface area contributed by atoms with E-state index in [1.54, 1.807) is 37.4 Å². The van der Waals surface area contributed by atoms with Crippen LogP contribution in [0.25, 0.3) is 0 Å². The van der Waals surface area contributed by atoms with Gasteiger partial charge >= 0.3 is 5.97 Å². The van der Waals surface area contributed by atoms with E-state index in [1.165, 1.54) is 7.11 Å². The number of para-hydroxylation sites is 1. The van der Waals surface area contributed by atoms with Gasteiger partial charge in [-0.2, -0.15) is 5.26 Å². The molecule has 0 fully saturated rings. The number of anilines is 1. The topological polar surface area (TPSA) is 101 Å². The zero-order chi connectivity index (χ0) is 19.8. The van der Waals surface area contributed by atoms with Gasteiger partial charge in [0.2, 0.25) is 5.91 Å². The number of ether oxygens (including phenoxy) is 2. The molecule has 2 aromatic rings. The lowest BCUT2D eigenvalue weighted by molar-refractivity contribution is -0.113. The van der Waals surface area contributed by atoms with Crippen LogP contribution in [-0.4, -0.2) is 36.8 Å². The lowest BCUT2D eigenvalue weighted by atomic mass is 10.1. The molecule has 1 aromatic heterocycles. The lowest BCUT2D eigenvalue weighted by Gasteiger charge is -2.11. The van der Waals surface area contributed by atoms with Crippen molar-refractivity contribution >= 4 is 29.3 Å². The molecule has 1 N–H and O–H groups in total. The van der Waals surface area contributed by atoms with Gasteiger partial charge in [-0.15, -0.1) is 0 Å². The van der Waals surface area contributed by atoms with Crippen molar-refractivity contribution in [3.63, 3.8) is 0 Å². The molecule has 0 bridgehead atoms. The van der Waals surface area contributed by atoms with E-state index < -0.39 is 5.97 Å². The van der Waals surface area contributed by atoms with Crippen molar-refractivity contribution in [1.82, 2.24) is 4.98 Å². The van der Waals surface area contributed by atoms with Crippen molar-refractivity contribution in [3.05, 3.63) is 52.7 Å². The highest BCUT2D eigenvalue weighted by atomic mass is 32.2. The number of nitriles is 1. The van der Waals surface area contributed by atoms with E-state index in [4.69, 9.17) is 9.47 Å². The third-order valence-corrected chi connectivity index (χ3v) is 4.53. The van der Waals surface area contributed by atoms with E-state index in [0.717, 1.165) is 23.0 Å². The van der Waals surface area contributed by atoms with Crippen LogP contribution in [0.5, 0.6) is 0 Å². The van der Waals surface area contributed by atoms with Crippen LogP contribution in [0, 0.1) is 18.3 Å². The Bertz CT molecular complexity index is 893. The van der Waals surface area contributed by atoms with E-state index in [-0.39, 0.29) is 17.2 Å². The van der Waals surface area contributed by atoms with Crippen molar-refractivity contribution < 1.29 is 19.1 Å². The van der Waals surface area contributed by atoms with Crippen LogP contribution in [0.1, 0.15) is 27.2 Å². The lowest BCUT2D eigenvalue weighted by Crippen LogP contribution is -2.17. The Morgan fingerprint density at radius 3 is 2.70 bits per heavy atom. The number of rotatable bonds is 7. The summed E-state index contributed by atoms with van der Waals surface area (Å²) in [7, 11) is 2.83. The number of methoxy groups -OCH3 is 2. The molecular formula is C19H19N3O4S. The number of nitrogens with zero attached hydrogens (tertiary/aromatic N) is 2. The summed E-state index contributed by atoms with van der Waals surface area (Å²) in [6, 6.07) is 10.5. The molecule has 0 saturated carbocycles. The largest absolute Gasteiger partial charge is 0.465 e. The minimum absolute atomic E-state index is 0.0348. The molecule has 0 radical (unpaired) electrons. The fourth-order valence-corrected chi connectivity index (χ4v) is 3.27. The van der Waals surface area contributed by atoms with E-state index in [9.17, 15) is 14.9 Å². The Morgan fingerprint density at radius 1 is 1.30 bits per heavy atom. The van der Waals surface area contributed by atoms with E-state index in [1.807, 2.05) is 6.92 Å². The minimum atomic E-state index is -0.533. The van der Waals surface area contributed by atoms with Gasteiger partial charge in [0.1, 0.15) is 11.1 Å². The smallest absolute Gasteiger partial charge is 0.339 e. The van der Waals surface area contributed by atoms with Gasteiger partial charge in [-0.3, -0.25) is 4.79 Å². The number of aromatic nitrogens is 1. The quantitative estimate of drug-likeness (QED) is 0.577. The standard InChI is InChI=1S/C19H19N3O4S/c1-12-8-13(10-25-2)15(9-20)18(21-12)27-11-17(23)22-16-7-5-4-6-14(16)19(24)26-3/h4-8H,10-11H2,1-3H3,(H,22,23). The molecule has 0 aliphatic rings. The summed E-state index contributed by atoms with van der Waals surface area (Å²) in [6.45, 7) is 2.11. The Balaban J connectivity index is 2.13. The number of benzene rings is 1. The molecule has 0 aliphatic heterocycles. The van der Waals surface area contributed by atoms with Crippen LogP contribution in [0.3, 0.4) is 0 Å². The number of thioether (sulfide) groups is 1. The van der Waals surface area contributed by atoms with Gasteiger partial charge in [0.05, 0.1) is 36.3 Å². The SMILES string of the molecule is COCc1cc(C)nc(SCC(=O)Nc2ccccc2C(=O)OC)c1C#N. The average molecular weight is 385 g/mol. The van der Waals surface area contributed by atoms with Crippen molar-refractivity contribution in [2.45, 2.75) is 18.6 Å². The zero-order valence-electron chi connectivity index (χ0n) is 15.2.